The second-order valence-corrected chi connectivity index (χ2v) is 3.07. The number of amides is 1. The molecule has 0 fully saturated rings. The van der Waals surface area contributed by atoms with Gasteiger partial charge in [0.15, 0.2) is 0 Å². The van der Waals surface area contributed by atoms with E-state index in [1.807, 2.05) is 0 Å². The van der Waals surface area contributed by atoms with Crippen LogP contribution in [0, 0.1) is 0 Å². The second-order valence-electron chi connectivity index (χ2n) is 3.07. The maximum Gasteiger partial charge on any atom is 0.276 e. The van der Waals surface area contributed by atoms with E-state index in [2.05, 4.69) is 10.3 Å². The average Bonchev–Trinajstić information content (AvgIpc) is 2.49. The van der Waals surface area contributed by atoms with Gasteiger partial charge in [0, 0.05) is 0 Å². The summed E-state index contributed by atoms with van der Waals surface area (Å²) < 4.78 is 0. The number of hydrogen-bond donors (Lipinski definition) is 3. The quantitative estimate of drug-likeness (QED) is 0.569. The summed E-state index contributed by atoms with van der Waals surface area (Å²) in [5, 5.41) is 11.4. The van der Waals surface area contributed by atoms with Gasteiger partial charge in [0.25, 0.3) is 5.91 Å². The Bertz CT molecular complexity index is 460. The fourth-order valence-corrected chi connectivity index (χ4v) is 1.22. The van der Waals surface area contributed by atoms with Gasteiger partial charge in [-0.25, -0.2) is 4.99 Å². The number of benzene rings is 1. The van der Waals surface area contributed by atoms with E-state index >= 15 is 0 Å². The Balaban J connectivity index is 2.31. The molecule has 1 aliphatic rings. The number of aromatic hydroxyl groups is 1. The molecule has 0 saturated heterocycles. The van der Waals surface area contributed by atoms with Gasteiger partial charge in [-0.15, -0.1) is 0 Å². The van der Waals surface area contributed by atoms with E-state index in [0.717, 1.165) is 5.56 Å². The van der Waals surface area contributed by atoms with Crippen molar-refractivity contribution < 1.29 is 9.90 Å². The third-order valence-electron chi connectivity index (χ3n) is 1.91. The Morgan fingerprint density at radius 1 is 1.33 bits per heavy atom. The summed E-state index contributed by atoms with van der Waals surface area (Å²) in [5.74, 6) is -0.0401. The lowest BCUT2D eigenvalue weighted by Gasteiger charge is -1.94. The predicted molar refractivity (Wildman–Crippen MR) is 55.8 cm³/mol. The molecule has 1 aromatic rings. The van der Waals surface area contributed by atoms with Gasteiger partial charge in [0.05, 0.1) is 0 Å². The molecule has 0 aromatic heterocycles. The zero-order valence-corrected chi connectivity index (χ0v) is 7.77. The van der Waals surface area contributed by atoms with Crippen molar-refractivity contribution in [2.75, 3.05) is 0 Å². The Morgan fingerprint density at radius 2 is 2.00 bits per heavy atom. The lowest BCUT2D eigenvalue weighted by Crippen LogP contribution is -2.30. The molecule has 76 valence electrons. The van der Waals surface area contributed by atoms with E-state index < -0.39 is 0 Å². The van der Waals surface area contributed by atoms with Gasteiger partial charge in [0.2, 0.25) is 5.96 Å². The zero-order chi connectivity index (χ0) is 10.8. The number of nitrogens with zero attached hydrogens (tertiary/aromatic N) is 1. The third kappa shape index (κ3) is 1.96. The normalized spacial score (nSPS) is 17.7. The monoisotopic (exact) mass is 203 g/mol. The molecule has 0 aliphatic carbocycles. The zero-order valence-electron chi connectivity index (χ0n) is 7.77. The minimum Gasteiger partial charge on any atom is -0.508 e. The van der Waals surface area contributed by atoms with Gasteiger partial charge < -0.3 is 10.8 Å². The summed E-state index contributed by atoms with van der Waals surface area (Å²) in [5.41, 5.74) is 6.37. The number of carbonyl (C=O) groups excluding carboxylic acids is 1. The van der Waals surface area contributed by atoms with Gasteiger partial charge in [-0.2, -0.15) is 0 Å². The summed E-state index contributed by atoms with van der Waals surface area (Å²) >= 11 is 0. The van der Waals surface area contributed by atoms with Crippen LogP contribution < -0.4 is 11.1 Å². The lowest BCUT2D eigenvalue weighted by atomic mass is 10.2. The smallest absolute Gasteiger partial charge is 0.276 e. The maximum atomic E-state index is 11.2. The molecule has 15 heavy (non-hydrogen) atoms. The number of aliphatic imine (C=N–C) groups is 1. The van der Waals surface area contributed by atoms with Gasteiger partial charge in [-0.05, 0) is 23.8 Å². The van der Waals surface area contributed by atoms with Crippen LogP contribution in [0.3, 0.4) is 0 Å². The second kappa shape index (κ2) is 3.45. The molecule has 0 radical (unpaired) electrons. The largest absolute Gasteiger partial charge is 0.508 e. The molecule has 5 heteroatoms. The van der Waals surface area contributed by atoms with E-state index in [1.165, 1.54) is 12.1 Å². The first-order chi connectivity index (χ1) is 7.15. The molecular weight excluding hydrogens is 194 g/mol. The SMILES string of the molecule is NC1=N/C(=C/c2ccc(O)cc2)C(=O)N1. The van der Waals surface area contributed by atoms with Crippen LogP contribution >= 0.6 is 0 Å². The summed E-state index contributed by atoms with van der Waals surface area (Å²) in [6.45, 7) is 0. The fourth-order valence-electron chi connectivity index (χ4n) is 1.22. The van der Waals surface area contributed by atoms with Crippen molar-refractivity contribution >= 4 is 17.9 Å². The van der Waals surface area contributed by atoms with Crippen LogP contribution in [0.5, 0.6) is 5.75 Å². The number of phenolic OH excluding ortho intramolecular Hbond substituents is 1. The number of phenols is 1. The average molecular weight is 203 g/mol. The summed E-state index contributed by atoms with van der Waals surface area (Å²) in [7, 11) is 0. The third-order valence-corrected chi connectivity index (χ3v) is 1.91. The van der Waals surface area contributed by atoms with E-state index in [1.54, 1.807) is 18.2 Å². The van der Waals surface area contributed by atoms with Crippen molar-refractivity contribution in [3.8, 4) is 5.75 Å². The summed E-state index contributed by atoms with van der Waals surface area (Å²) in [4.78, 5) is 15.1. The highest BCUT2D eigenvalue weighted by atomic mass is 16.3. The van der Waals surface area contributed by atoms with E-state index in [0.29, 0.717) is 0 Å². The highest BCUT2D eigenvalue weighted by molar-refractivity contribution is 6.13. The van der Waals surface area contributed by atoms with E-state index in [9.17, 15) is 4.79 Å². The standard InChI is InChI=1S/C10H9N3O2/c11-10-12-8(9(15)13-10)5-6-1-3-7(14)4-2-6/h1-5,14H,(H3,11,12,13,15)/b8-5+. The van der Waals surface area contributed by atoms with Gasteiger partial charge in [-0.1, -0.05) is 12.1 Å². The molecule has 4 N–H and O–H groups in total. The molecule has 0 spiro atoms. The first-order valence-corrected chi connectivity index (χ1v) is 4.31. The molecule has 0 unspecified atom stereocenters. The number of hydrogen-bond acceptors (Lipinski definition) is 4. The molecule has 0 atom stereocenters. The van der Waals surface area contributed by atoms with Gasteiger partial charge in [0.1, 0.15) is 11.4 Å². The topological polar surface area (TPSA) is 87.7 Å². The van der Waals surface area contributed by atoms with Crippen molar-refractivity contribution in [2.45, 2.75) is 0 Å². The molecule has 1 aromatic carbocycles. The van der Waals surface area contributed by atoms with E-state index in [4.69, 9.17) is 10.8 Å². The fraction of sp³-hybridized carbons (Fsp3) is 0. The Kier molecular flexibility index (Phi) is 2.13. The molecule has 2 rings (SSSR count). The van der Waals surface area contributed by atoms with Crippen LogP contribution in [0.4, 0.5) is 0 Å². The van der Waals surface area contributed by atoms with E-state index in [-0.39, 0.29) is 23.3 Å². The molecule has 1 amide bonds. The minimum atomic E-state index is -0.319. The highest BCUT2D eigenvalue weighted by Gasteiger charge is 2.16. The predicted octanol–water partition coefficient (Wildman–Crippen LogP) is 0.178. The Labute approximate surface area is 85.9 Å². The Hall–Kier alpha value is -2.30. The molecule has 1 aliphatic heterocycles. The number of rotatable bonds is 1. The Morgan fingerprint density at radius 3 is 2.53 bits per heavy atom. The van der Waals surface area contributed by atoms with Crippen LogP contribution in [-0.4, -0.2) is 17.0 Å². The van der Waals surface area contributed by atoms with Crippen molar-refractivity contribution in [3.05, 3.63) is 35.5 Å². The molecule has 1 heterocycles. The number of nitrogens with one attached hydrogen (secondary N) is 1. The number of carbonyl (C=O) groups is 1. The maximum absolute atomic E-state index is 11.2. The van der Waals surface area contributed by atoms with Crippen LogP contribution in [-0.2, 0) is 4.79 Å². The van der Waals surface area contributed by atoms with Gasteiger partial charge in [-0.3, -0.25) is 10.1 Å². The summed E-state index contributed by atoms with van der Waals surface area (Å²) in [6, 6.07) is 6.43. The first kappa shape index (κ1) is 9.26. The minimum absolute atomic E-state index is 0.102. The van der Waals surface area contributed by atoms with Crippen molar-refractivity contribution in [2.24, 2.45) is 10.7 Å². The van der Waals surface area contributed by atoms with Crippen molar-refractivity contribution in [3.63, 3.8) is 0 Å². The van der Waals surface area contributed by atoms with Crippen LogP contribution in [0.25, 0.3) is 6.08 Å². The van der Waals surface area contributed by atoms with Crippen LogP contribution in [0.2, 0.25) is 0 Å². The lowest BCUT2D eigenvalue weighted by molar-refractivity contribution is -0.115. The summed E-state index contributed by atoms with van der Waals surface area (Å²) in [6.07, 6.45) is 1.59. The molecule has 0 saturated carbocycles. The molecule has 5 nitrogen and oxygen atoms in total. The molecular formula is C10H9N3O2. The molecule has 0 bridgehead atoms. The van der Waals surface area contributed by atoms with Crippen LogP contribution in [0.15, 0.2) is 35.0 Å². The number of guanidine groups is 1. The van der Waals surface area contributed by atoms with Gasteiger partial charge >= 0.3 is 0 Å². The van der Waals surface area contributed by atoms with Crippen molar-refractivity contribution in [1.29, 1.82) is 0 Å². The number of nitrogens with two attached hydrogens (primary N) is 1. The highest BCUT2D eigenvalue weighted by Crippen LogP contribution is 2.14. The first-order valence-electron chi connectivity index (χ1n) is 4.31. The van der Waals surface area contributed by atoms with Crippen LogP contribution in [0.1, 0.15) is 5.56 Å². The van der Waals surface area contributed by atoms with Crippen molar-refractivity contribution in [1.82, 2.24) is 5.32 Å².